The van der Waals surface area contributed by atoms with E-state index in [4.69, 9.17) is 34.8 Å². The normalized spacial score (nSPS) is 12.4. The van der Waals surface area contributed by atoms with E-state index in [1.807, 2.05) is 13.8 Å². The van der Waals surface area contributed by atoms with E-state index in [0.29, 0.717) is 26.3 Å². The number of aryl methyl sites for hydroxylation is 1. The fourth-order valence-electron chi connectivity index (χ4n) is 3.66. The molecule has 0 saturated heterocycles. The zero-order chi connectivity index (χ0) is 27.2. The van der Waals surface area contributed by atoms with Crippen LogP contribution in [0.25, 0.3) is 0 Å². The predicted octanol–water partition coefficient (Wildman–Crippen LogP) is 5.44. The standard InChI is InChI=1S/C25H32Cl3N3O4S/c1-16(2)29-25(33)18(4)30(15-19-9-11-21(27)22(28)13-19)24(32)7-6-12-31(36(5,34)35)23-14-20(26)10-8-17(23)3/h8-11,13-14,16,18H,6-7,12,15H2,1-5H3,(H,29,33)/t18-/m0/s1. The van der Waals surface area contributed by atoms with Crippen molar-refractivity contribution < 1.29 is 18.0 Å². The Morgan fingerprint density at radius 3 is 2.25 bits per heavy atom. The summed E-state index contributed by atoms with van der Waals surface area (Å²) in [6, 6.07) is 9.22. The molecule has 0 aromatic heterocycles. The van der Waals surface area contributed by atoms with Crippen molar-refractivity contribution in [3.05, 3.63) is 62.6 Å². The Balaban J connectivity index is 2.23. The van der Waals surface area contributed by atoms with Gasteiger partial charge in [0, 0.05) is 30.6 Å². The minimum Gasteiger partial charge on any atom is -0.352 e. The number of hydrogen-bond acceptors (Lipinski definition) is 4. The molecule has 0 fully saturated rings. The van der Waals surface area contributed by atoms with Gasteiger partial charge in [0.05, 0.1) is 22.0 Å². The Kier molecular flexibility index (Phi) is 10.9. The maximum atomic E-state index is 13.3. The molecule has 0 unspecified atom stereocenters. The highest BCUT2D eigenvalue weighted by atomic mass is 35.5. The second-order valence-corrected chi connectivity index (χ2v) is 12.1. The molecule has 36 heavy (non-hydrogen) atoms. The minimum absolute atomic E-state index is 0.0340. The molecule has 0 heterocycles. The van der Waals surface area contributed by atoms with Crippen LogP contribution in [0.2, 0.25) is 15.1 Å². The average molecular weight is 577 g/mol. The van der Waals surface area contributed by atoms with Gasteiger partial charge in [-0.1, -0.05) is 46.9 Å². The van der Waals surface area contributed by atoms with E-state index in [2.05, 4.69) is 5.32 Å². The van der Waals surface area contributed by atoms with E-state index in [1.165, 1.54) is 9.21 Å². The molecule has 1 atom stereocenters. The van der Waals surface area contributed by atoms with Gasteiger partial charge in [-0.3, -0.25) is 13.9 Å². The molecule has 11 heteroatoms. The van der Waals surface area contributed by atoms with Gasteiger partial charge in [-0.25, -0.2) is 8.42 Å². The molecule has 0 aliphatic rings. The summed E-state index contributed by atoms with van der Waals surface area (Å²) >= 11 is 18.3. The number of sulfonamides is 1. The molecule has 198 valence electrons. The number of anilines is 1. The van der Waals surface area contributed by atoms with Crippen LogP contribution in [0, 0.1) is 6.92 Å². The summed E-state index contributed by atoms with van der Waals surface area (Å²) in [4.78, 5) is 27.5. The highest BCUT2D eigenvalue weighted by molar-refractivity contribution is 7.92. The fourth-order valence-corrected chi connectivity index (χ4v) is 5.16. The van der Waals surface area contributed by atoms with Crippen molar-refractivity contribution in [2.75, 3.05) is 17.1 Å². The molecule has 0 radical (unpaired) electrons. The van der Waals surface area contributed by atoms with Crippen molar-refractivity contribution in [3.63, 3.8) is 0 Å². The molecule has 2 rings (SSSR count). The third-order valence-electron chi connectivity index (χ3n) is 5.53. The van der Waals surface area contributed by atoms with Crippen molar-refractivity contribution >= 4 is 62.3 Å². The first-order chi connectivity index (χ1) is 16.7. The van der Waals surface area contributed by atoms with Gasteiger partial charge in [0.1, 0.15) is 6.04 Å². The second kappa shape index (κ2) is 13.0. The molecule has 1 N–H and O–H groups in total. The van der Waals surface area contributed by atoms with Crippen molar-refractivity contribution in [3.8, 4) is 0 Å². The molecular formula is C25H32Cl3N3O4S. The van der Waals surface area contributed by atoms with Crippen LogP contribution < -0.4 is 9.62 Å². The molecule has 0 bridgehead atoms. The molecule has 7 nitrogen and oxygen atoms in total. The zero-order valence-corrected chi connectivity index (χ0v) is 24.1. The Morgan fingerprint density at radius 2 is 1.67 bits per heavy atom. The monoisotopic (exact) mass is 575 g/mol. The molecule has 2 amide bonds. The number of carbonyl (C=O) groups excluding carboxylic acids is 2. The van der Waals surface area contributed by atoms with Crippen LogP contribution >= 0.6 is 34.8 Å². The lowest BCUT2D eigenvalue weighted by Crippen LogP contribution is -2.49. The van der Waals surface area contributed by atoms with Crippen LogP contribution in [-0.2, 0) is 26.2 Å². The number of nitrogens with zero attached hydrogens (tertiary/aromatic N) is 2. The predicted molar refractivity (Wildman–Crippen MR) is 147 cm³/mol. The second-order valence-electron chi connectivity index (χ2n) is 8.98. The number of hydrogen-bond donors (Lipinski definition) is 1. The molecule has 0 aliphatic carbocycles. The van der Waals surface area contributed by atoms with Crippen LogP contribution in [0.3, 0.4) is 0 Å². The first-order valence-electron chi connectivity index (χ1n) is 11.5. The Hall–Kier alpha value is -2.00. The van der Waals surface area contributed by atoms with E-state index in [0.717, 1.165) is 11.8 Å². The summed E-state index contributed by atoms with van der Waals surface area (Å²) in [5.41, 5.74) is 1.93. The van der Waals surface area contributed by atoms with Crippen molar-refractivity contribution in [2.24, 2.45) is 0 Å². The summed E-state index contributed by atoms with van der Waals surface area (Å²) in [6.07, 6.45) is 1.39. The molecule has 2 aromatic rings. The minimum atomic E-state index is -3.62. The summed E-state index contributed by atoms with van der Waals surface area (Å²) in [6.45, 7) is 7.36. The van der Waals surface area contributed by atoms with Crippen LogP contribution in [0.15, 0.2) is 36.4 Å². The van der Waals surface area contributed by atoms with E-state index in [9.17, 15) is 18.0 Å². The van der Waals surface area contributed by atoms with Crippen LogP contribution in [0.4, 0.5) is 5.69 Å². The van der Waals surface area contributed by atoms with Gasteiger partial charge in [-0.15, -0.1) is 0 Å². The average Bonchev–Trinajstić information content (AvgIpc) is 2.77. The third-order valence-corrected chi connectivity index (χ3v) is 7.68. The lowest BCUT2D eigenvalue weighted by molar-refractivity contribution is -0.140. The first-order valence-corrected chi connectivity index (χ1v) is 14.5. The van der Waals surface area contributed by atoms with Gasteiger partial charge in [0.2, 0.25) is 21.8 Å². The highest BCUT2D eigenvalue weighted by Gasteiger charge is 2.27. The third kappa shape index (κ3) is 8.54. The van der Waals surface area contributed by atoms with Gasteiger partial charge in [0.25, 0.3) is 0 Å². The van der Waals surface area contributed by atoms with E-state index >= 15 is 0 Å². The zero-order valence-electron chi connectivity index (χ0n) is 21.0. The van der Waals surface area contributed by atoms with E-state index < -0.39 is 16.1 Å². The topological polar surface area (TPSA) is 86.8 Å². The maximum Gasteiger partial charge on any atom is 0.242 e. The van der Waals surface area contributed by atoms with Crippen molar-refractivity contribution in [2.45, 2.75) is 59.2 Å². The summed E-state index contributed by atoms with van der Waals surface area (Å²) in [5, 5.41) is 3.98. The van der Waals surface area contributed by atoms with Crippen LogP contribution in [0.5, 0.6) is 0 Å². The smallest absolute Gasteiger partial charge is 0.242 e. The van der Waals surface area contributed by atoms with Gasteiger partial charge >= 0.3 is 0 Å². The number of halogens is 3. The van der Waals surface area contributed by atoms with E-state index in [1.54, 1.807) is 50.2 Å². The maximum absolute atomic E-state index is 13.3. The molecular weight excluding hydrogens is 545 g/mol. The number of rotatable bonds is 11. The number of carbonyl (C=O) groups is 2. The van der Waals surface area contributed by atoms with Gasteiger partial charge in [0.15, 0.2) is 0 Å². The SMILES string of the molecule is Cc1ccc(Cl)cc1N(CCCC(=O)N(Cc1ccc(Cl)c(Cl)c1)[C@@H](C)C(=O)NC(C)C)S(C)(=O)=O. The lowest BCUT2D eigenvalue weighted by atomic mass is 10.1. The van der Waals surface area contributed by atoms with Crippen LogP contribution in [0.1, 0.15) is 44.7 Å². The van der Waals surface area contributed by atoms with Gasteiger partial charge in [-0.2, -0.15) is 0 Å². The number of nitrogens with one attached hydrogen (secondary N) is 1. The summed E-state index contributed by atoms with van der Waals surface area (Å²) in [7, 11) is -3.62. The largest absolute Gasteiger partial charge is 0.352 e. The summed E-state index contributed by atoms with van der Waals surface area (Å²) < 4.78 is 26.3. The van der Waals surface area contributed by atoms with E-state index in [-0.39, 0.29) is 43.8 Å². The molecule has 0 saturated carbocycles. The van der Waals surface area contributed by atoms with Gasteiger partial charge in [-0.05, 0) is 69.5 Å². The fraction of sp³-hybridized carbons (Fsp3) is 0.440. The van der Waals surface area contributed by atoms with Crippen molar-refractivity contribution in [1.82, 2.24) is 10.2 Å². The lowest BCUT2D eigenvalue weighted by Gasteiger charge is -2.30. The Morgan fingerprint density at radius 1 is 1.00 bits per heavy atom. The number of amides is 2. The Labute approximate surface area is 228 Å². The highest BCUT2D eigenvalue weighted by Crippen LogP contribution is 2.27. The van der Waals surface area contributed by atoms with Crippen LogP contribution in [-0.4, -0.2) is 50.0 Å². The van der Waals surface area contributed by atoms with Gasteiger partial charge < -0.3 is 10.2 Å². The van der Waals surface area contributed by atoms with Crippen molar-refractivity contribution in [1.29, 1.82) is 0 Å². The quantitative estimate of drug-likeness (QED) is 0.386. The first kappa shape index (κ1) is 30.2. The molecule has 2 aromatic carbocycles. The summed E-state index contributed by atoms with van der Waals surface area (Å²) in [5.74, 6) is -0.575. The molecule has 0 aliphatic heterocycles. The number of benzene rings is 2. The Bertz CT molecular complexity index is 1210. The molecule has 0 spiro atoms.